The molecule has 26 heavy (non-hydrogen) atoms. The highest BCUT2D eigenvalue weighted by molar-refractivity contribution is 8.00. The minimum atomic E-state index is -4.61. The van der Waals surface area contributed by atoms with Crippen LogP contribution in [0, 0.1) is 13.8 Å². The molecule has 1 aliphatic rings. The van der Waals surface area contributed by atoms with Crippen molar-refractivity contribution in [2.75, 3.05) is 0 Å². The average molecular weight is 382 g/mol. The summed E-state index contributed by atoms with van der Waals surface area (Å²) in [5.74, 6) is 0. The molecule has 0 atom stereocenters. The molecule has 0 N–H and O–H groups in total. The van der Waals surface area contributed by atoms with Crippen molar-refractivity contribution >= 4 is 11.8 Å². The zero-order valence-corrected chi connectivity index (χ0v) is 15.8. The molecule has 3 nitrogen and oxygen atoms in total. The lowest BCUT2D eigenvalue weighted by Gasteiger charge is -2.16. The Labute approximate surface area is 154 Å². The number of benzene rings is 1. The van der Waals surface area contributed by atoms with Gasteiger partial charge in [-0.1, -0.05) is 18.9 Å². The molecule has 1 aromatic carbocycles. The predicted molar refractivity (Wildman–Crippen MR) is 97.5 cm³/mol. The number of aryl methyl sites for hydroxylation is 3. The summed E-state index contributed by atoms with van der Waals surface area (Å²) in [4.78, 5) is 13.4. The Balaban J connectivity index is 2.06. The minimum Gasteiger partial charge on any atom is -0.287 e. The van der Waals surface area contributed by atoms with E-state index in [4.69, 9.17) is 0 Å². The molecule has 0 radical (unpaired) electrons. The fourth-order valence-corrected chi connectivity index (χ4v) is 4.75. The molecule has 1 heterocycles. The standard InChI is InChI=1S/C19H21F3N2OS/c1-11-8-12(2)16(26-13-6-4-5-7-13)9-14(11)18-15(25)10-17(19(20,21)22)24(3)23-18/h8-10,13H,4-7H2,1-3H3. The first-order valence-corrected chi connectivity index (χ1v) is 9.48. The van der Waals surface area contributed by atoms with Gasteiger partial charge in [0.15, 0.2) is 0 Å². The Morgan fingerprint density at radius 1 is 1.12 bits per heavy atom. The van der Waals surface area contributed by atoms with Crippen LogP contribution in [0.25, 0.3) is 11.3 Å². The molecule has 140 valence electrons. The van der Waals surface area contributed by atoms with Gasteiger partial charge in [-0.05, 0) is 43.9 Å². The van der Waals surface area contributed by atoms with E-state index in [-0.39, 0.29) is 5.69 Å². The molecule has 0 bridgehead atoms. The Bertz CT molecular complexity index is 884. The first kappa shape index (κ1) is 19.0. The van der Waals surface area contributed by atoms with E-state index in [1.807, 2.05) is 26.0 Å². The van der Waals surface area contributed by atoms with Gasteiger partial charge in [0, 0.05) is 28.8 Å². The van der Waals surface area contributed by atoms with Gasteiger partial charge < -0.3 is 0 Å². The van der Waals surface area contributed by atoms with Crippen molar-refractivity contribution in [1.82, 2.24) is 9.78 Å². The number of alkyl halides is 3. The van der Waals surface area contributed by atoms with Gasteiger partial charge in [0.25, 0.3) is 0 Å². The van der Waals surface area contributed by atoms with Crippen LogP contribution in [-0.4, -0.2) is 15.0 Å². The maximum Gasteiger partial charge on any atom is 0.433 e. The summed E-state index contributed by atoms with van der Waals surface area (Å²) in [6.07, 6.45) is 0.208. The summed E-state index contributed by atoms with van der Waals surface area (Å²) in [5.41, 5.74) is 0.863. The van der Waals surface area contributed by atoms with Gasteiger partial charge in [-0.15, -0.1) is 11.8 Å². The highest BCUT2D eigenvalue weighted by atomic mass is 32.2. The molecule has 0 spiro atoms. The van der Waals surface area contributed by atoms with Crippen LogP contribution in [0.3, 0.4) is 0 Å². The summed E-state index contributed by atoms with van der Waals surface area (Å²) in [5, 5.41) is 4.51. The van der Waals surface area contributed by atoms with E-state index in [0.717, 1.165) is 20.7 Å². The summed E-state index contributed by atoms with van der Waals surface area (Å²) in [6.45, 7) is 3.87. The lowest BCUT2D eigenvalue weighted by molar-refractivity contribution is -0.144. The van der Waals surface area contributed by atoms with Crippen LogP contribution in [0.2, 0.25) is 0 Å². The van der Waals surface area contributed by atoms with E-state index in [1.165, 1.54) is 32.7 Å². The Hall–Kier alpha value is -1.76. The summed E-state index contributed by atoms with van der Waals surface area (Å²) in [6, 6.07) is 4.52. The van der Waals surface area contributed by atoms with E-state index in [1.54, 1.807) is 11.8 Å². The average Bonchev–Trinajstić information content (AvgIpc) is 3.04. The third kappa shape index (κ3) is 3.82. The molecule has 1 aromatic heterocycles. The largest absolute Gasteiger partial charge is 0.433 e. The fourth-order valence-electron chi connectivity index (χ4n) is 3.39. The van der Waals surface area contributed by atoms with Crippen LogP contribution in [0.4, 0.5) is 13.2 Å². The maximum atomic E-state index is 13.0. The summed E-state index contributed by atoms with van der Waals surface area (Å²) < 4.78 is 39.7. The van der Waals surface area contributed by atoms with E-state index < -0.39 is 17.3 Å². The number of halogens is 3. The smallest absolute Gasteiger partial charge is 0.287 e. The Morgan fingerprint density at radius 3 is 2.38 bits per heavy atom. The number of thioether (sulfide) groups is 1. The van der Waals surface area contributed by atoms with Crippen LogP contribution < -0.4 is 5.43 Å². The third-order valence-corrected chi connectivity index (χ3v) is 6.26. The number of rotatable bonds is 3. The maximum absolute atomic E-state index is 13.0. The van der Waals surface area contributed by atoms with Crippen LogP contribution in [0.15, 0.2) is 27.9 Å². The molecule has 0 unspecified atom stereocenters. The van der Waals surface area contributed by atoms with Crippen molar-refractivity contribution < 1.29 is 13.2 Å². The Kier molecular flexibility index (Phi) is 5.19. The normalized spacial score (nSPS) is 15.6. The zero-order valence-electron chi connectivity index (χ0n) is 15.0. The topological polar surface area (TPSA) is 34.9 Å². The molecule has 7 heteroatoms. The van der Waals surface area contributed by atoms with E-state index >= 15 is 0 Å². The minimum absolute atomic E-state index is 0.0614. The second-order valence-corrected chi connectivity index (χ2v) is 8.16. The van der Waals surface area contributed by atoms with Crippen molar-refractivity contribution in [3.05, 3.63) is 45.2 Å². The summed E-state index contributed by atoms with van der Waals surface area (Å²) >= 11 is 1.80. The van der Waals surface area contributed by atoms with Crippen LogP contribution in [-0.2, 0) is 13.2 Å². The van der Waals surface area contributed by atoms with Gasteiger partial charge >= 0.3 is 6.18 Å². The van der Waals surface area contributed by atoms with Crippen molar-refractivity contribution in [2.45, 2.75) is 55.9 Å². The molecule has 1 fully saturated rings. The highest BCUT2D eigenvalue weighted by Gasteiger charge is 2.34. The van der Waals surface area contributed by atoms with E-state index in [9.17, 15) is 18.0 Å². The second-order valence-electron chi connectivity index (χ2n) is 6.82. The first-order valence-electron chi connectivity index (χ1n) is 8.60. The molecular formula is C19H21F3N2OS. The van der Waals surface area contributed by atoms with Crippen molar-refractivity contribution in [3.63, 3.8) is 0 Å². The molecule has 0 saturated heterocycles. The lowest BCUT2D eigenvalue weighted by Crippen LogP contribution is -2.22. The zero-order chi connectivity index (χ0) is 19.1. The van der Waals surface area contributed by atoms with Crippen LogP contribution >= 0.6 is 11.8 Å². The summed E-state index contributed by atoms with van der Waals surface area (Å²) in [7, 11) is 1.21. The lowest BCUT2D eigenvalue weighted by atomic mass is 10.0. The molecule has 1 aliphatic carbocycles. The first-order chi connectivity index (χ1) is 12.2. The SMILES string of the molecule is Cc1cc(C)c(-c2nn(C)c(C(F)(F)F)cc2=O)cc1SC1CCCC1. The molecule has 1 saturated carbocycles. The van der Waals surface area contributed by atoms with Gasteiger partial charge in [0.1, 0.15) is 11.4 Å². The van der Waals surface area contributed by atoms with Gasteiger partial charge in [-0.2, -0.15) is 18.3 Å². The third-order valence-electron chi connectivity index (χ3n) is 4.76. The molecule has 2 aromatic rings. The van der Waals surface area contributed by atoms with Crippen molar-refractivity contribution in [3.8, 4) is 11.3 Å². The van der Waals surface area contributed by atoms with Gasteiger partial charge in [-0.25, -0.2) is 0 Å². The number of hydrogen-bond acceptors (Lipinski definition) is 3. The van der Waals surface area contributed by atoms with Crippen LogP contribution in [0.1, 0.15) is 42.5 Å². The molecule has 3 rings (SSSR count). The quantitative estimate of drug-likeness (QED) is 0.739. The number of nitrogens with zero attached hydrogens (tertiary/aromatic N) is 2. The fraction of sp³-hybridized carbons (Fsp3) is 0.474. The van der Waals surface area contributed by atoms with Gasteiger partial charge in [0.05, 0.1) is 0 Å². The van der Waals surface area contributed by atoms with Crippen LogP contribution in [0.5, 0.6) is 0 Å². The number of aromatic nitrogens is 2. The Morgan fingerprint density at radius 2 is 1.77 bits per heavy atom. The monoisotopic (exact) mass is 382 g/mol. The van der Waals surface area contributed by atoms with E-state index in [2.05, 4.69) is 5.10 Å². The predicted octanol–water partition coefficient (Wildman–Crippen LogP) is 5.12. The van der Waals surface area contributed by atoms with Crippen molar-refractivity contribution in [1.29, 1.82) is 0 Å². The highest BCUT2D eigenvalue weighted by Crippen LogP contribution is 2.38. The molecule has 0 aliphatic heterocycles. The second kappa shape index (κ2) is 7.10. The number of hydrogen-bond donors (Lipinski definition) is 0. The van der Waals surface area contributed by atoms with Gasteiger partial charge in [0.2, 0.25) is 5.43 Å². The molecule has 0 amide bonds. The van der Waals surface area contributed by atoms with Crippen molar-refractivity contribution in [2.24, 2.45) is 7.05 Å². The van der Waals surface area contributed by atoms with E-state index in [0.29, 0.717) is 16.9 Å². The molecular weight excluding hydrogens is 361 g/mol. The van der Waals surface area contributed by atoms with Gasteiger partial charge in [-0.3, -0.25) is 9.48 Å².